The van der Waals surface area contributed by atoms with Crippen LogP contribution in [0, 0.1) is 13.8 Å². The zero-order valence-corrected chi connectivity index (χ0v) is 13.3. The lowest BCUT2D eigenvalue weighted by Crippen LogP contribution is -2.05. The Labute approximate surface area is 134 Å². The van der Waals surface area contributed by atoms with Crippen LogP contribution in [-0.4, -0.2) is 14.8 Å². The number of aromatic nitrogens is 3. The molecule has 1 aromatic heterocycles. The molecule has 2 N–H and O–H groups in total. The van der Waals surface area contributed by atoms with E-state index in [-0.39, 0.29) is 0 Å². The highest BCUT2D eigenvalue weighted by Crippen LogP contribution is 2.21. The highest BCUT2D eigenvalue weighted by Gasteiger charge is 2.10. The van der Waals surface area contributed by atoms with Crippen LogP contribution in [0.25, 0.3) is 11.4 Å². The zero-order chi connectivity index (χ0) is 15.7. The van der Waals surface area contributed by atoms with Gasteiger partial charge in [0, 0.05) is 16.3 Å². The third kappa shape index (κ3) is 2.97. The van der Waals surface area contributed by atoms with Crippen LogP contribution in [0.1, 0.15) is 17.0 Å². The van der Waals surface area contributed by atoms with E-state index < -0.39 is 0 Å². The Morgan fingerprint density at radius 2 is 1.82 bits per heavy atom. The molecule has 0 saturated carbocycles. The molecule has 0 amide bonds. The fourth-order valence-corrected chi connectivity index (χ4v) is 2.51. The monoisotopic (exact) mass is 312 g/mol. The minimum Gasteiger partial charge on any atom is -0.399 e. The van der Waals surface area contributed by atoms with E-state index in [1.165, 1.54) is 0 Å². The van der Waals surface area contributed by atoms with Gasteiger partial charge in [-0.05, 0) is 55.3 Å². The van der Waals surface area contributed by atoms with Gasteiger partial charge in [0.25, 0.3) is 0 Å². The molecule has 2 aromatic carbocycles. The first-order chi connectivity index (χ1) is 10.5. The zero-order valence-electron chi connectivity index (χ0n) is 12.5. The maximum atomic E-state index is 5.95. The Kier molecular flexibility index (Phi) is 3.86. The van der Waals surface area contributed by atoms with Crippen LogP contribution in [0.4, 0.5) is 5.69 Å². The van der Waals surface area contributed by atoms with Crippen molar-refractivity contribution in [2.45, 2.75) is 20.4 Å². The SMILES string of the molecule is Cc1nc(-c2ccc(Cl)cc2)n(Cc2ccc(N)c(C)c2)n1. The summed E-state index contributed by atoms with van der Waals surface area (Å²) < 4.78 is 1.91. The minimum atomic E-state index is 0.653. The Morgan fingerprint density at radius 1 is 1.09 bits per heavy atom. The molecule has 0 aliphatic heterocycles. The molecule has 1 heterocycles. The van der Waals surface area contributed by atoms with Gasteiger partial charge in [0.15, 0.2) is 5.82 Å². The van der Waals surface area contributed by atoms with Crippen molar-refractivity contribution in [1.82, 2.24) is 14.8 Å². The molecule has 0 aliphatic carbocycles. The van der Waals surface area contributed by atoms with E-state index >= 15 is 0 Å². The Morgan fingerprint density at radius 3 is 2.50 bits per heavy atom. The second kappa shape index (κ2) is 5.81. The summed E-state index contributed by atoms with van der Waals surface area (Å²) in [6, 6.07) is 13.7. The molecule has 112 valence electrons. The predicted molar refractivity (Wildman–Crippen MR) is 89.9 cm³/mol. The van der Waals surface area contributed by atoms with Crippen molar-refractivity contribution < 1.29 is 0 Å². The van der Waals surface area contributed by atoms with Crippen molar-refractivity contribution in [1.29, 1.82) is 0 Å². The van der Waals surface area contributed by atoms with Crippen LogP contribution < -0.4 is 5.73 Å². The van der Waals surface area contributed by atoms with E-state index in [9.17, 15) is 0 Å². The van der Waals surface area contributed by atoms with Gasteiger partial charge >= 0.3 is 0 Å². The summed E-state index contributed by atoms with van der Waals surface area (Å²) in [6.07, 6.45) is 0. The fraction of sp³-hybridized carbons (Fsp3) is 0.176. The van der Waals surface area contributed by atoms with Gasteiger partial charge in [0.1, 0.15) is 5.82 Å². The van der Waals surface area contributed by atoms with Gasteiger partial charge in [0.05, 0.1) is 6.54 Å². The number of nitrogen functional groups attached to an aromatic ring is 1. The molecule has 3 aromatic rings. The van der Waals surface area contributed by atoms with Gasteiger partial charge in [0.2, 0.25) is 0 Å². The van der Waals surface area contributed by atoms with E-state index in [0.29, 0.717) is 11.6 Å². The Bertz CT molecular complexity index is 806. The first-order valence-corrected chi connectivity index (χ1v) is 7.43. The molecule has 0 saturated heterocycles. The third-order valence-electron chi connectivity index (χ3n) is 3.55. The van der Waals surface area contributed by atoms with E-state index in [4.69, 9.17) is 17.3 Å². The number of nitrogens with two attached hydrogens (primary N) is 1. The van der Waals surface area contributed by atoms with Crippen molar-refractivity contribution in [3.8, 4) is 11.4 Å². The quantitative estimate of drug-likeness (QED) is 0.747. The summed E-state index contributed by atoms with van der Waals surface area (Å²) in [5.41, 5.74) is 9.89. The topological polar surface area (TPSA) is 56.7 Å². The smallest absolute Gasteiger partial charge is 0.158 e. The van der Waals surface area contributed by atoms with Gasteiger partial charge in [-0.1, -0.05) is 23.7 Å². The molecule has 22 heavy (non-hydrogen) atoms. The molecule has 0 fully saturated rings. The summed E-state index contributed by atoms with van der Waals surface area (Å²) in [6.45, 7) is 4.55. The van der Waals surface area contributed by atoms with E-state index in [2.05, 4.69) is 16.1 Å². The second-order valence-electron chi connectivity index (χ2n) is 5.34. The molecular formula is C17H17ClN4. The van der Waals surface area contributed by atoms with Crippen LogP contribution in [0.15, 0.2) is 42.5 Å². The van der Waals surface area contributed by atoms with Gasteiger partial charge in [-0.25, -0.2) is 9.67 Å². The van der Waals surface area contributed by atoms with Crippen molar-refractivity contribution in [3.05, 3.63) is 64.4 Å². The molecule has 0 radical (unpaired) electrons. The standard InChI is InChI=1S/C17H17ClN4/c1-11-9-13(3-8-16(11)19)10-22-17(20-12(2)21-22)14-4-6-15(18)7-5-14/h3-9H,10,19H2,1-2H3. The number of anilines is 1. The van der Waals surface area contributed by atoms with Gasteiger partial charge < -0.3 is 5.73 Å². The Balaban J connectivity index is 1.97. The third-order valence-corrected chi connectivity index (χ3v) is 3.80. The molecule has 0 unspecified atom stereocenters. The number of hydrogen-bond acceptors (Lipinski definition) is 3. The number of hydrogen-bond donors (Lipinski definition) is 1. The van der Waals surface area contributed by atoms with E-state index in [1.54, 1.807) is 0 Å². The minimum absolute atomic E-state index is 0.653. The van der Waals surface area contributed by atoms with Gasteiger partial charge in [-0.3, -0.25) is 0 Å². The van der Waals surface area contributed by atoms with Crippen molar-refractivity contribution in [2.75, 3.05) is 5.73 Å². The molecule has 0 atom stereocenters. The lowest BCUT2D eigenvalue weighted by atomic mass is 10.1. The molecule has 0 bridgehead atoms. The van der Waals surface area contributed by atoms with Crippen LogP contribution in [-0.2, 0) is 6.54 Å². The normalized spacial score (nSPS) is 10.9. The average molecular weight is 313 g/mol. The number of nitrogens with zero attached hydrogens (tertiary/aromatic N) is 3. The van der Waals surface area contributed by atoms with Gasteiger partial charge in [-0.2, -0.15) is 5.10 Å². The van der Waals surface area contributed by atoms with Crippen molar-refractivity contribution in [2.24, 2.45) is 0 Å². The first kappa shape index (κ1) is 14.6. The lowest BCUT2D eigenvalue weighted by molar-refractivity contribution is 0.686. The molecule has 3 rings (SSSR count). The largest absolute Gasteiger partial charge is 0.399 e. The molecule has 0 aliphatic rings. The summed E-state index contributed by atoms with van der Waals surface area (Å²) in [5.74, 6) is 1.58. The number of aryl methyl sites for hydroxylation is 2. The Hall–Kier alpha value is -2.33. The predicted octanol–water partition coefficient (Wildman–Crippen LogP) is 3.85. The molecule has 4 nitrogen and oxygen atoms in total. The second-order valence-corrected chi connectivity index (χ2v) is 5.77. The number of rotatable bonds is 3. The highest BCUT2D eigenvalue weighted by atomic mass is 35.5. The van der Waals surface area contributed by atoms with Gasteiger partial charge in [-0.15, -0.1) is 0 Å². The average Bonchev–Trinajstić information content (AvgIpc) is 2.84. The van der Waals surface area contributed by atoms with Crippen LogP contribution in [0.3, 0.4) is 0 Å². The lowest BCUT2D eigenvalue weighted by Gasteiger charge is -2.08. The first-order valence-electron chi connectivity index (χ1n) is 7.05. The van der Waals surface area contributed by atoms with Crippen LogP contribution in [0.5, 0.6) is 0 Å². The van der Waals surface area contributed by atoms with E-state index in [0.717, 1.165) is 34.0 Å². The maximum Gasteiger partial charge on any atom is 0.158 e. The maximum absolute atomic E-state index is 5.95. The fourth-order valence-electron chi connectivity index (χ4n) is 2.39. The van der Waals surface area contributed by atoms with E-state index in [1.807, 2.05) is 54.9 Å². The molecule has 0 spiro atoms. The molecule has 5 heteroatoms. The summed E-state index contributed by atoms with van der Waals surface area (Å²) in [4.78, 5) is 4.53. The highest BCUT2D eigenvalue weighted by molar-refractivity contribution is 6.30. The van der Waals surface area contributed by atoms with Crippen molar-refractivity contribution >= 4 is 17.3 Å². The summed E-state index contributed by atoms with van der Waals surface area (Å²) in [5, 5.41) is 5.21. The van der Waals surface area contributed by atoms with Crippen LogP contribution in [0.2, 0.25) is 5.02 Å². The number of benzene rings is 2. The van der Waals surface area contributed by atoms with Crippen molar-refractivity contribution in [3.63, 3.8) is 0 Å². The van der Waals surface area contributed by atoms with Crippen LogP contribution >= 0.6 is 11.6 Å². The molecular weight excluding hydrogens is 296 g/mol. The number of halogens is 1. The summed E-state index contributed by atoms with van der Waals surface area (Å²) in [7, 11) is 0. The summed E-state index contributed by atoms with van der Waals surface area (Å²) >= 11 is 5.95.